The van der Waals surface area contributed by atoms with Crippen LogP contribution in [0.2, 0.25) is 10.0 Å². The molecule has 0 unspecified atom stereocenters. The van der Waals surface area contributed by atoms with E-state index in [2.05, 4.69) is 15.5 Å². The first-order valence-corrected chi connectivity index (χ1v) is 7.69. The fraction of sp³-hybridized carbons (Fsp3) is 0.188. The molecule has 0 saturated heterocycles. The molecule has 5 nitrogen and oxygen atoms in total. The molecule has 1 N–H and O–H groups in total. The topological polar surface area (TPSA) is 68.0 Å². The van der Waals surface area contributed by atoms with Crippen LogP contribution in [0.5, 0.6) is 0 Å². The summed E-state index contributed by atoms with van der Waals surface area (Å²) in [6.07, 6.45) is 1.46. The zero-order valence-corrected chi connectivity index (χ0v) is 13.9. The number of nitrogens with one attached hydrogen (secondary N) is 1. The molecule has 3 rings (SSSR count). The maximum atomic E-state index is 12.4. The molecule has 7 heteroatoms. The van der Waals surface area contributed by atoms with Crippen molar-refractivity contribution >= 4 is 40.2 Å². The Balaban J connectivity index is 1.81. The van der Waals surface area contributed by atoms with Crippen molar-refractivity contribution in [2.45, 2.75) is 19.9 Å². The van der Waals surface area contributed by atoms with E-state index in [-0.39, 0.29) is 11.9 Å². The molecule has 0 saturated carbocycles. The Morgan fingerprint density at radius 2 is 2.04 bits per heavy atom. The summed E-state index contributed by atoms with van der Waals surface area (Å²) in [5, 5.41) is 8.38. The fourth-order valence-electron chi connectivity index (χ4n) is 2.21. The number of pyridine rings is 1. The molecule has 1 atom stereocenters. The highest BCUT2D eigenvalue weighted by molar-refractivity contribution is 6.42. The number of nitrogens with zero attached hydrogens (tertiary/aromatic N) is 2. The van der Waals surface area contributed by atoms with Gasteiger partial charge in [0, 0.05) is 6.20 Å². The van der Waals surface area contributed by atoms with Crippen molar-refractivity contribution in [3.63, 3.8) is 0 Å². The SMILES string of the molecule is Cc1noc2ncc(C(=O)N[C@@H](C)c3ccc(Cl)c(Cl)c3)cc12. The molecule has 0 aliphatic carbocycles. The van der Waals surface area contributed by atoms with Crippen LogP contribution in [0.25, 0.3) is 11.1 Å². The van der Waals surface area contributed by atoms with Gasteiger partial charge in [0.1, 0.15) is 0 Å². The van der Waals surface area contributed by atoms with E-state index >= 15 is 0 Å². The number of hydrogen-bond donors (Lipinski definition) is 1. The molecule has 23 heavy (non-hydrogen) atoms. The number of rotatable bonds is 3. The van der Waals surface area contributed by atoms with E-state index < -0.39 is 0 Å². The maximum Gasteiger partial charge on any atom is 0.257 e. The lowest BCUT2D eigenvalue weighted by molar-refractivity contribution is 0.0939. The van der Waals surface area contributed by atoms with Crippen LogP contribution in [0, 0.1) is 6.92 Å². The Labute approximate surface area is 142 Å². The van der Waals surface area contributed by atoms with Gasteiger partial charge in [0.2, 0.25) is 0 Å². The molecule has 118 valence electrons. The average molecular weight is 350 g/mol. The second kappa shape index (κ2) is 6.18. The number of benzene rings is 1. The Morgan fingerprint density at radius 3 is 2.78 bits per heavy atom. The van der Waals surface area contributed by atoms with Crippen LogP contribution >= 0.6 is 23.2 Å². The van der Waals surface area contributed by atoms with Gasteiger partial charge in [-0.05, 0) is 37.6 Å². The van der Waals surface area contributed by atoms with Crippen LogP contribution < -0.4 is 5.32 Å². The molecule has 0 radical (unpaired) electrons. The van der Waals surface area contributed by atoms with E-state index in [0.29, 0.717) is 27.0 Å². The number of hydrogen-bond acceptors (Lipinski definition) is 4. The zero-order chi connectivity index (χ0) is 16.6. The highest BCUT2D eigenvalue weighted by Crippen LogP contribution is 2.26. The van der Waals surface area contributed by atoms with Crippen LogP contribution in [0.1, 0.15) is 34.6 Å². The zero-order valence-electron chi connectivity index (χ0n) is 12.4. The molecule has 2 heterocycles. The second-order valence-electron chi connectivity index (χ2n) is 5.21. The van der Waals surface area contributed by atoms with Gasteiger partial charge in [-0.2, -0.15) is 0 Å². The number of amides is 1. The van der Waals surface area contributed by atoms with Gasteiger partial charge in [-0.1, -0.05) is 34.4 Å². The van der Waals surface area contributed by atoms with Crippen LogP contribution in [0.4, 0.5) is 0 Å². The van der Waals surface area contributed by atoms with Gasteiger partial charge in [0.15, 0.2) is 0 Å². The molecular formula is C16H13Cl2N3O2. The fourth-order valence-corrected chi connectivity index (χ4v) is 2.52. The first-order valence-electron chi connectivity index (χ1n) is 6.93. The van der Waals surface area contributed by atoms with Crippen molar-refractivity contribution in [3.8, 4) is 0 Å². The molecule has 2 aromatic heterocycles. The van der Waals surface area contributed by atoms with Gasteiger partial charge in [-0.25, -0.2) is 4.98 Å². The van der Waals surface area contributed by atoms with Crippen LogP contribution in [0.15, 0.2) is 35.0 Å². The van der Waals surface area contributed by atoms with Crippen LogP contribution in [-0.4, -0.2) is 16.0 Å². The predicted octanol–water partition coefficient (Wildman–Crippen LogP) is 4.33. The Morgan fingerprint density at radius 1 is 1.26 bits per heavy atom. The van der Waals surface area contributed by atoms with Gasteiger partial charge in [0.05, 0.1) is 32.7 Å². The first-order chi connectivity index (χ1) is 11.0. The van der Waals surface area contributed by atoms with Crippen molar-refractivity contribution in [3.05, 3.63) is 57.3 Å². The van der Waals surface area contributed by atoms with Gasteiger partial charge in [0.25, 0.3) is 11.6 Å². The summed E-state index contributed by atoms with van der Waals surface area (Å²) >= 11 is 11.9. The largest absolute Gasteiger partial charge is 0.345 e. The second-order valence-corrected chi connectivity index (χ2v) is 6.03. The average Bonchev–Trinajstić information content (AvgIpc) is 2.90. The van der Waals surface area contributed by atoms with Gasteiger partial charge < -0.3 is 9.84 Å². The van der Waals surface area contributed by atoms with Crippen molar-refractivity contribution in [1.29, 1.82) is 0 Å². The first kappa shape index (κ1) is 15.8. The Hall–Kier alpha value is -2.11. The third-order valence-corrected chi connectivity index (χ3v) is 4.30. The third kappa shape index (κ3) is 3.16. The highest BCUT2D eigenvalue weighted by Gasteiger charge is 2.15. The van der Waals surface area contributed by atoms with E-state index in [1.807, 2.05) is 13.0 Å². The van der Waals surface area contributed by atoms with Crippen molar-refractivity contribution < 1.29 is 9.32 Å². The monoisotopic (exact) mass is 349 g/mol. The summed E-state index contributed by atoms with van der Waals surface area (Å²) < 4.78 is 5.04. The molecule has 1 aromatic carbocycles. The van der Waals surface area contributed by atoms with Crippen molar-refractivity contribution in [1.82, 2.24) is 15.5 Å². The molecule has 0 spiro atoms. The minimum absolute atomic E-state index is 0.225. The van der Waals surface area contributed by atoms with Gasteiger partial charge >= 0.3 is 0 Å². The smallest absolute Gasteiger partial charge is 0.257 e. The number of carbonyl (C=O) groups excluding carboxylic acids is 1. The summed E-state index contributed by atoms with van der Waals surface area (Å²) in [6, 6.07) is 6.75. The lowest BCUT2D eigenvalue weighted by Crippen LogP contribution is -2.26. The van der Waals surface area contributed by atoms with Crippen molar-refractivity contribution in [2.75, 3.05) is 0 Å². The summed E-state index contributed by atoms with van der Waals surface area (Å²) in [4.78, 5) is 16.5. The van der Waals surface area contributed by atoms with E-state index in [9.17, 15) is 4.79 Å². The number of carbonyl (C=O) groups is 1. The Bertz CT molecular complexity index is 892. The van der Waals surface area contributed by atoms with E-state index in [4.69, 9.17) is 27.7 Å². The number of halogens is 2. The normalized spacial score (nSPS) is 12.3. The van der Waals surface area contributed by atoms with E-state index in [0.717, 1.165) is 10.9 Å². The standard InChI is InChI=1S/C16H13Cl2N3O2/c1-8(10-3-4-13(17)14(18)6-10)20-15(22)11-5-12-9(2)21-23-16(12)19-7-11/h3-8H,1-2H3,(H,20,22)/t8-/m0/s1. The van der Waals surface area contributed by atoms with Crippen molar-refractivity contribution in [2.24, 2.45) is 0 Å². The van der Waals surface area contributed by atoms with Gasteiger partial charge in [-0.15, -0.1) is 0 Å². The van der Waals surface area contributed by atoms with Crippen LogP contribution in [-0.2, 0) is 0 Å². The summed E-state index contributed by atoms with van der Waals surface area (Å²) in [6.45, 7) is 3.67. The number of aryl methyl sites for hydroxylation is 1. The Kier molecular flexibility index (Phi) is 4.24. The number of aromatic nitrogens is 2. The highest BCUT2D eigenvalue weighted by atomic mass is 35.5. The minimum atomic E-state index is -0.237. The lowest BCUT2D eigenvalue weighted by Gasteiger charge is -2.15. The quantitative estimate of drug-likeness (QED) is 0.763. The summed E-state index contributed by atoms with van der Waals surface area (Å²) in [5.74, 6) is -0.237. The molecule has 0 fully saturated rings. The molecular weight excluding hydrogens is 337 g/mol. The number of fused-ring (bicyclic) bond motifs is 1. The van der Waals surface area contributed by atoms with E-state index in [1.165, 1.54) is 6.20 Å². The molecule has 0 aliphatic heterocycles. The predicted molar refractivity (Wildman–Crippen MR) is 88.9 cm³/mol. The maximum absolute atomic E-state index is 12.4. The molecule has 3 aromatic rings. The molecule has 1 amide bonds. The van der Waals surface area contributed by atoms with Crippen LogP contribution in [0.3, 0.4) is 0 Å². The van der Waals surface area contributed by atoms with Gasteiger partial charge in [-0.3, -0.25) is 4.79 Å². The summed E-state index contributed by atoms with van der Waals surface area (Å²) in [5.41, 5.74) is 2.41. The lowest BCUT2D eigenvalue weighted by atomic mass is 10.1. The van der Waals surface area contributed by atoms with E-state index in [1.54, 1.807) is 25.1 Å². The molecule has 0 bridgehead atoms. The minimum Gasteiger partial charge on any atom is -0.345 e. The summed E-state index contributed by atoms with van der Waals surface area (Å²) in [7, 11) is 0. The molecule has 0 aliphatic rings. The third-order valence-electron chi connectivity index (χ3n) is 3.56.